The average Bonchev–Trinajstić information content (AvgIpc) is 2.96. The van der Waals surface area contributed by atoms with Crippen molar-refractivity contribution in [2.75, 3.05) is 19.6 Å². The minimum absolute atomic E-state index is 0.377. The summed E-state index contributed by atoms with van der Waals surface area (Å²) in [7, 11) is 0. The molecule has 2 unspecified atom stereocenters. The van der Waals surface area contributed by atoms with Crippen LogP contribution in [0.4, 0.5) is 0 Å². The number of nitrogens with zero attached hydrogens (tertiary/aromatic N) is 1. The summed E-state index contributed by atoms with van der Waals surface area (Å²) in [5.74, 6) is 1.81. The van der Waals surface area contributed by atoms with Crippen LogP contribution in [-0.2, 0) is 4.79 Å². The summed E-state index contributed by atoms with van der Waals surface area (Å²) in [6.45, 7) is 7.65. The molecule has 0 aromatic rings. The van der Waals surface area contributed by atoms with Crippen molar-refractivity contribution >= 4 is 5.91 Å². The third-order valence-corrected chi connectivity index (χ3v) is 4.39. The van der Waals surface area contributed by atoms with E-state index < -0.39 is 0 Å². The van der Waals surface area contributed by atoms with Gasteiger partial charge < -0.3 is 10.2 Å². The van der Waals surface area contributed by atoms with E-state index >= 15 is 0 Å². The molecule has 1 N–H and O–H groups in total. The van der Waals surface area contributed by atoms with Gasteiger partial charge in [-0.25, -0.2) is 0 Å². The molecule has 0 aliphatic carbocycles. The topological polar surface area (TPSA) is 32.3 Å². The molecule has 0 aromatic heterocycles. The zero-order valence-electron chi connectivity index (χ0n) is 11.2. The van der Waals surface area contributed by atoms with Gasteiger partial charge in [0.05, 0.1) is 0 Å². The van der Waals surface area contributed by atoms with Crippen LogP contribution < -0.4 is 5.32 Å². The summed E-state index contributed by atoms with van der Waals surface area (Å²) in [6.07, 6.45) is 5.50. The molecule has 2 atom stereocenters. The van der Waals surface area contributed by atoms with Gasteiger partial charge in [-0.15, -0.1) is 0 Å². The predicted molar refractivity (Wildman–Crippen MR) is 69.8 cm³/mol. The fourth-order valence-electron chi connectivity index (χ4n) is 3.02. The number of rotatable bonds is 4. The Balaban J connectivity index is 1.69. The van der Waals surface area contributed by atoms with Gasteiger partial charge >= 0.3 is 0 Å². The van der Waals surface area contributed by atoms with Crippen LogP contribution in [0.2, 0.25) is 0 Å². The van der Waals surface area contributed by atoms with Crippen molar-refractivity contribution in [2.45, 2.75) is 52.0 Å². The molecule has 0 bridgehead atoms. The minimum Gasteiger partial charge on any atom is -0.342 e. The van der Waals surface area contributed by atoms with Gasteiger partial charge in [-0.1, -0.05) is 13.8 Å². The number of likely N-dealkylation sites (tertiary alicyclic amines) is 1. The van der Waals surface area contributed by atoms with E-state index in [1.54, 1.807) is 0 Å². The van der Waals surface area contributed by atoms with Crippen LogP contribution in [0.25, 0.3) is 0 Å². The van der Waals surface area contributed by atoms with Crippen molar-refractivity contribution in [1.29, 1.82) is 0 Å². The third kappa shape index (κ3) is 3.44. The van der Waals surface area contributed by atoms with Gasteiger partial charge in [-0.3, -0.25) is 4.79 Å². The highest BCUT2D eigenvalue weighted by molar-refractivity contribution is 5.76. The van der Waals surface area contributed by atoms with Crippen molar-refractivity contribution in [1.82, 2.24) is 10.2 Å². The average molecular weight is 238 g/mol. The second-order valence-corrected chi connectivity index (χ2v) is 5.96. The predicted octanol–water partition coefficient (Wildman–Crippen LogP) is 2.02. The Labute approximate surface area is 105 Å². The molecule has 2 aliphatic heterocycles. The normalized spacial score (nSPS) is 29.2. The van der Waals surface area contributed by atoms with E-state index in [2.05, 4.69) is 24.1 Å². The molecule has 2 rings (SSSR count). The molecule has 0 saturated carbocycles. The zero-order valence-corrected chi connectivity index (χ0v) is 11.2. The maximum Gasteiger partial charge on any atom is 0.222 e. The molecule has 3 heteroatoms. The largest absolute Gasteiger partial charge is 0.342 e. The Morgan fingerprint density at radius 1 is 1.41 bits per heavy atom. The summed E-state index contributed by atoms with van der Waals surface area (Å²) in [6, 6.07) is 0.599. The fourth-order valence-corrected chi connectivity index (χ4v) is 3.02. The van der Waals surface area contributed by atoms with E-state index in [9.17, 15) is 4.79 Å². The van der Waals surface area contributed by atoms with Crippen LogP contribution in [0, 0.1) is 11.8 Å². The first-order chi connectivity index (χ1) is 8.16. The van der Waals surface area contributed by atoms with Gasteiger partial charge in [0.15, 0.2) is 0 Å². The van der Waals surface area contributed by atoms with Crippen LogP contribution in [-0.4, -0.2) is 36.5 Å². The standard InChI is InChI=1S/C14H26N2O/c1-11(2)12-7-9-16(10-12)14(17)6-5-13-4-3-8-15-13/h11-13,15H,3-10H2,1-2H3. The highest BCUT2D eigenvalue weighted by atomic mass is 16.2. The molecular weight excluding hydrogens is 212 g/mol. The van der Waals surface area contributed by atoms with Crippen LogP contribution in [0.1, 0.15) is 46.0 Å². The lowest BCUT2D eigenvalue weighted by Crippen LogP contribution is -2.31. The molecular formula is C14H26N2O. The Bertz CT molecular complexity index is 259. The van der Waals surface area contributed by atoms with Crippen LogP contribution >= 0.6 is 0 Å². The lowest BCUT2D eigenvalue weighted by molar-refractivity contribution is -0.130. The van der Waals surface area contributed by atoms with Crippen molar-refractivity contribution in [3.63, 3.8) is 0 Å². The van der Waals surface area contributed by atoms with E-state index in [4.69, 9.17) is 0 Å². The van der Waals surface area contributed by atoms with Gasteiger partial charge in [0.1, 0.15) is 0 Å². The molecule has 2 saturated heterocycles. The second-order valence-electron chi connectivity index (χ2n) is 5.96. The molecule has 2 aliphatic rings. The molecule has 2 heterocycles. The lowest BCUT2D eigenvalue weighted by Gasteiger charge is -2.19. The first kappa shape index (κ1) is 12.9. The monoisotopic (exact) mass is 238 g/mol. The molecule has 2 fully saturated rings. The molecule has 98 valence electrons. The van der Waals surface area contributed by atoms with Gasteiger partial charge in [0.2, 0.25) is 5.91 Å². The quantitative estimate of drug-likeness (QED) is 0.812. The Morgan fingerprint density at radius 2 is 2.24 bits per heavy atom. The maximum absolute atomic E-state index is 12.1. The van der Waals surface area contributed by atoms with Crippen molar-refractivity contribution in [3.05, 3.63) is 0 Å². The van der Waals surface area contributed by atoms with Crippen molar-refractivity contribution in [3.8, 4) is 0 Å². The molecule has 1 amide bonds. The SMILES string of the molecule is CC(C)C1CCN(C(=O)CCC2CCCN2)C1. The van der Waals surface area contributed by atoms with Gasteiger partial charge in [0, 0.05) is 25.6 Å². The summed E-state index contributed by atoms with van der Waals surface area (Å²) in [5.41, 5.74) is 0. The minimum atomic E-state index is 0.377. The summed E-state index contributed by atoms with van der Waals surface area (Å²) in [5, 5.41) is 3.46. The second kappa shape index (κ2) is 5.85. The van der Waals surface area contributed by atoms with E-state index in [0.717, 1.165) is 38.4 Å². The molecule has 0 spiro atoms. The highest BCUT2D eigenvalue weighted by Crippen LogP contribution is 2.24. The number of hydrogen-bond acceptors (Lipinski definition) is 2. The number of amides is 1. The summed E-state index contributed by atoms with van der Waals surface area (Å²) in [4.78, 5) is 14.2. The van der Waals surface area contributed by atoms with Crippen molar-refractivity contribution in [2.24, 2.45) is 11.8 Å². The number of nitrogens with one attached hydrogen (secondary N) is 1. The lowest BCUT2D eigenvalue weighted by atomic mass is 9.95. The maximum atomic E-state index is 12.1. The van der Waals surface area contributed by atoms with E-state index in [1.807, 2.05) is 0 Å². The smallest absolute Gasteiger partial charge is 0.222 e. The number of carbonyl (C=O) groups excluding carboxylic acids is 1. The number of carbonyl (C=O) groups is 1. The number of hydrogen-bond donors (Lipinski definition) is 1. The van der Waals surface area contributed by atoms with E-state index in [1.165, 1.54) is 19.3 Å². The van der Waals surface area contributed by atoms with Crippen molar-refractivity contribution < 1.29 is 4.79 Å². The Morgan fingerprint density at radius 3 is 2.82 bits per heavy atom. The highest BCUT2D eigenvalue weighted by Gasteiger charge is 2.28. The van der Waals surface area contributed by atoms with E-state index in [-0.39, 0.29) is 0 Å². The summed E-state index contributed by atoms with van der Waals surface area (Å²) < 4.78 is 0. The summed E-state index contributed by atoms with van der Waals surface area (Å²) >= 11 is 0. The van der Waals surface area contributed by atoms with Gasteiger partial charge in [0.25, 0.3) is 0 Å². The van der Waals surface area contributed by atoms with Crippen LogP contribution in [0.15, 0.2) is 0 Å². The zero-order chi connectivity index (χ0) is 12.3. The first-order valence-electron chi connectivity index (χ1n) is 7.18. The molecule has 0 aromatic carbocycles. The first-order valence-corrected chi connectivity index (χ1v) is 7.18. The Hall–Kier alpha value is -0.570. The van der Waals surface area contributed by atoms with Gasteiger partial charge in [-0.05, 0) is 44.1 Å². The fraction of sp³-hybridized carbons (Fsp3) is 0.929. The Kier molecular flexibility index (Phi) is 4.43. The van der Waals surface area contributed by atoms with Gasteiger partial charge in [-0.2, -0.15) is 0 Å². The molecule has 0 radical (unpaired) electrons. The molecule has 3 nitrogen and oxygen atoms in total. The van der Waals surface area contributed by atoms with Crippen LogP contribution in [0.5, 0.6) is 0 Å². The van der Waals surface area contributed by atoms with E-state index in [0.29, 0.717) is 17.9 Å². The molecule has 17 heavy (non-hydrogen) atoms. The van der Waals surface area contributed by atoms with Crippen LogP contribution in [0.3, 0.4) is 0 Å². The third-order valence-electron chi connectivity index (χ3n) is 4.39.